The van der Waals surface area contributed by atoms with Crippen LogP contribution in [-0.4, -0.2) is 18.0 Å². The van der Waals surface area contributed by atoms with Gasteiger partial charge in [-0.1, -0.05) is 39.0 Å². The second kappa shape index (κ2) is 13.2. The Morgan fingerprint density at radius 3 is 1.83 bits per heavy atom. The van der Waals surface area contributed by atoms with Gasteiger partial charge in [0.05, 0.1) is 6.10 Å². The fourth-order valence-corrected chi connectivity index (χ4v) is 2.77. The zero-order valence-electron chi connectivity index (χ0n) is 17.2. The molecule has 9 heteroatoms. The molecule has 170 valence electrons. The molecular weight excluding hydrogens is 411 g/mol. The lowest BCUT2D eigenvalue weighted by Gasteiger charge is -2.13. The van der Waals surface area contributed by atoms with Gasteiger partial charge in [0.25, 0.3) is 0 Å². The summed E-state index contributed by atoms with van der Waals surface area (Å²) in [6, 6.07) is 0. The predicted octanol–water partition coefficient (Wildman–Crippen LogP) is 6.14. The van der Waals surface area contributed by atoms with Crippen LogP contribution < -0.4 is 4.74 Å². The Labute approximate surface area is 172 Å². The maximum atomic E-state index is 13.5. The topological polar surface area (TPSA) is 52.6 Å². The van der Waals surface area contributed by atoms with E-state index in [2.05, 4.69) is 11.7 Å². The molecule has 0 aliphatic heterocycles. The van der Waals surface area contributed by atoms with Gasteiger partial charge in [-0.05, 0) is 26.2 Å². The number of rotatable bonds is 13. The van der Waals surface area contributed by atoms with Crippen molar-refractivity contribution in [1.82, 2.24) is 0 Å². The van der Waals surface area contributed by atoms with Crippen molar-refractivity contribution in [3.63, 3.8) is 0 Å². The van der Waals surface area contributed by atoms with E-state index in [0.717, 1.165) is 25.7 Å². The summed E-state index contributed by atoms with van der Waals surface area (Å²) in [5.74, 6) is -14.7. The molecule has 0 aliphatic carbocycles. The fraction of sp³-hybridized carbons (Fsp3) is 0.619. The molecule has 0 saturated heterocycles. The Kier molecular flexibility index (Phi) is 11.4. The van der Waals surface area contributed by atoms with Crippen LogP contribution in [0.4, 0.5) is 22.0 Å². The Bertz CT molecular complexity index is 695. The molecule has 4 nitrogen and oxygen atoms in total. The zero-order valence-corrected chi connectivity index (χ0v) is 17.2. The SMILES string of the molecule is CCCCCCCCC(C)OC(=O)CCCC(=O)Oc1c(F)c(F)c(F)c(F)c1F. The Hall–Kier alpha value is -2.19. The minimum absolute atomic E-state index is 0.0587. The lowest BCUT2D eigenvalue weighted by molar-refractivity contribution is -0.148. The van der Waals surface area contributed by atoms with Crippen molar-refractivity contribution < 1.29 is 41.0 Å². The Balaban J connectivity index is 2.34. The third-order valence-electron chi connectivity index (χ3n) is 4.44. The first-order valence-corrected chi connectivity index (χ1v) is 10.1. The first-order valence-electron chi connectivity index (χ1n) is 10.1. The molecule has 1 atom stereocenters. The van der Waals surface area contributed by atoms with Crippen LogP contribution in [0.1, 0.15) is 78.1 Å². The molecule has 0 saturated carbocycles. The molecule has 0 radical (unpaired) electrons. The van der Waals surface area contributed by atoms with E-state index in [-0.39, 0.29) is 18.9 Å². The molecule has 1 unspecified atom stereocenters. The van der Waals surface area contributed by atoms with Crippen molar-refractivity contribution >= 4 is 11.9 Å². The van der Waals surface area contributed by atoms with Crippen molar-refractivity contribution in [2.45, 2.75) is 84.2 Å². The molecular formula is C21H27F5O4. The molecule has 0 aromatic heterocycles. The molecule has 0 spiro atoms. The predicted molar refractivity (Wildman–Crippen MR) is 99.3 cm³/mol. The van der Waals surface area contributed by atoms with Gasteiger partial charge in [-0.2, -0.15) is 8.78 Å². The normalized spacial score (nSPS) is 12.0. The number of unbranched alkanes of at least 4 members (excludes halogenated alkanes) is 5. The van der Waals surface area contributed by atoms with Crippen LogP contribution in [-0.2, 0) is 14.3 Å². The minimum Gasteiger partial charge on any atom is -0.463 e. The number of benzene rings is 1. The molecule has 0 fully saturated rings. The van der Waals surface area contributed by atoms with Crippen LogP contribution in [0, 0.1) is 29.1 Å². The molecule has 0 N–H and O–H groups in total. The summed E-state index contributed by atoms with van der Waals surface area (Å²) in [4.78, 5) is 23.4. The highest BCUT2D eigenvalue weighted by atomic mass is 19.2. The summed E-state index contributed by atoms with van der Waals surface area (Å²) < 4.78 is 75.5. The van der Waals surface area contributed by atoms with E-state index in [1.807, 2.05) is 0 Å². The molecule has 0 bridgehead atoms. The van der Waals surface area contributed by atoms with Gasteiger partial charge in [0.1, 0.15) is 0 Å². The quantitative estimate of drug-likeness (QED) is 0.0927. The van der Waals surface area contributed by atoms with Gasteiger partial charge in [-0.3, -0.25) is 9.59 Å². The minimum atomic E-state index is -2.34. The second-order valence-corrected chi connectivity index (χ2v) is 7.08. The van der Waals surface area contributed by atoms with Crippen LogP contribution in [0.3, 0.4) is 0 Å². The van der Waals surface area contributed by atoms with Gasteiger partial charge in [0.15, 0.2) is 0 Å². The maximum Gasteiger partial charge on any atom is 0.311 e. The second-order valence-electron chi connectivity index (χ2n) is 7.08. The van der Waals surface area contributed by atoms with Gasteiger partial charge in [0.2, 0.25) is 34.8 Å². The lowest BCUT2D eigenvalue weighted by Crippen LogP contribution is -2.16. The first-order chi connectivity index (χ1) is 14.2. The lowest BCUT2D eigenvalue weighted by atomic mass is 10.1. The molecule has 1 aromatic rings. The van der Waals surface area contributed by atoms with Crippen molar-refractivity contribution in [3.05, 3.63) is 29.1 Å². The van der Waals surface area contributed by atoms with Gasteiger partial charge in [-0.15, -0.1) is 0 Å². The average Bonchev–Trinajstić information content (AvgIpc) is 2.70. The van der Waals surface area contributed by atoms with E-state index < -0.39 is 53.2 Å². The summed E-state index contributed by atoms with van der Waals surface area (Å²) in [6.45, 7) is 3.90. The number of esters is 2. The number of hydrogen-bond acceptors (Lipinski definition) is 4. The average molecular weight is 438 g/mol. The van der Waals surface area contributed by atoms with Crippen molar-refractivity contribution in [2.24, 2.45) is 0 Å². The van der Waals surface area contributed by atoms with Crippen molar-refractivity contribution in [1.29, 1.82) is 0 Å². The van der Waals surface area contributed by atoms with E-state index in [1.54, 1.807) is 6.92 Å². The summed E-state index contributed by atoms with van der Waals surface area (Å²) in [5.41, 5.74) is 0. The molecule has 0 aliphatic rings. The highest BCUT2D eigenvalue weighted by Gasteiger charge is 2.28. The first kappa shape index (κ1) is 25.8. The van der Waals surface area contributed by atoms with Crippen LogP contribution in [0.25, 0.3) is 0 Å². The highest BCUT2D eigenvalue weighted by Crippen LogP contribution is 2.29. The summed E-state index contributed by atoms with van der Waals surface area (Å²) in [6.07, 6.45) is 6.48. The van der Waals surface area contributed by atoms with Crippen LogP contribution >= 0.6 is 0 Å². The molecule has 1 rings (SSSR count). The van der Waals surface area contributed by atoms with Gasteiger partial charge in [0, 0.05) is 12.8 Å². The van der Waals surface area contributed by atoms with E-state index in [4.69, 9.17) is 4.74 Å². The monoisotopic (exact) mass is 438 g/mol. The summed E-state index contributed by atoms with van der Waals surface area (Å²) in [7, 11) is 0. The third kappa shape index (κ3) is 8.28. The number of carbonyl (C=O) groups is 2. The summed E-state index contributed by atoms with van der Waals surface area (Å²) in [5, 5.41) is 0. The molecule has 1 aromatic carbocycles. The zero-order chi connectivity index (χ0) is 22.7. The largest absolute Gasteiger partial charge is 0.463 e. The molecule has 0 heterocycles. The van der Waals surface area contributed by atoms with E-state index in [9.17, 15) is 31.5 Å². The van der Waals surface area contributed by atoms with Gasteiger partial charge >= 0.3 is 11.9 Å². The fourth-order valence-electron chi connectivity index (χ4n) is 2.77. The maximum absolute atomic E-state index is 13.5. The highest BCUT2D eigenvalue weighted by molar-refractivity contribution is 5.74. The number of carbonyl (C=O) groups excluding carboxylic acids is 2. The number of ether oxygens (including phenoxy) is 2. The van der Waals surface area contributed by atoms with E-state index in [0.29, 0.717) is 0 Å². The number of halogens is 5. The summed E-state index contributed by atoms with van der Waals surface area (Å²) >= 11 is 0. The molecule has 30 heavy (non-hydrogen) atoms. The van der Waals surface area contributed by atoms with Crippen molar-refractivity contribution in [3.8, 4) is 5.75 Å². The standard InChI is InChI=1S/C21H27F5O4/c1-3-4-5-6-7-8-10-13(2)29-14(27)11-9-12-15(28)30-21-19(25)17(23)16(22)18(24)20(21)26/h13H,3-12H2,1-2H3. The Morgan fingerprint density at radius 1 is 0.733 bits per heavy atom. The van der Waals surface area contributed by atoms with Crippen LogP contribution in [0.5, 0.6) is 5.75 Å². The van der Waals surface area contributed by atoms with Crippen LogP contribution in [0.15, 0.2) is 0 Å². The molecule has 0 amide bonds. The van der Waals surface area contributed by atoms with Gasteiger partial charge < -0.3 is 9.47 Å². The van der Waals surface area contributed by atoms with E-state index in [1.165, 1.54) is 19.3 Å². The van der Waals surface area contributed by atoms with E-state index >= 15 is 0 Å². The smallest absolute Gasteiger partial charge is 0.311 e. The number of hydrogen-bond donors (Lipinski definition) is 0. The third-order valence-corrected chi connectivity index (χ3v) is 4.44. The van der Waals surface area contributed by atoms with Crippen LogP contribution in [0.2, 0.25) is 0 Å². The Morgan fingerprint density at radius 2 is 1.23 bits per heavy atom. The van der Waals surface area contributed by atoms with Crippen molar-refractivity contribution in [2.75, 3.05) is 0 Å². The van der Waals surface area contributed by atoms with Gasteiger partial charge in [-0.25, -0.2) is 13.2 Å².